The average molecular weight is 260 g/mol. The number of carbonyl (C=O) groups excluding carboxylic acids is 3. The van der Waals surface area contributed by atoms with E-state index in [4.69, 9.17) is 4.74 Å². The Labute approximate surface area is 109 Å². The highest BCUT2D eigenvalue weighted by Crippen LogP contribution is 2.21. The first kappa shape index (κ1) is 12.8. The van der Waals surface area contributed by atoms with Crippen LogP contribution in [0.4, 0.5) is 0 Å². The third-order valence-corrected chi connectivity index (χ3v) is 2.56. The van der Waals surface area contributed by atoms with E-state index in [9.17, 15) is 14.4 Å². The topological polar surface area (TPSA) is 75.7 Å². The molecular weight excluding hydrogens is 248 g/mol. The standard InChI is InChI=1S/C13H12N2O4/c1-3-19-13(18)8(2)14-15-11(16)9-6-4-5-7-10(9)12(15)17/h4-7,14H,2-3H2,1H3. The molecule has 0 unspecified atom stereocenters. The maximum absolute atomic E-state index is 12.0. The molecule has 98 valence electrons. The van der Waals surface area contributed by atoms with Crippen molar-refractivity contribution in [3.8, 4) is 0 Å². The van der Waals surface area contributed by atoms with Gasteiger partial charge in [0.05, 0.1) is 17.7 Å². The third kappa shape index (κ3) is 2.20. The van der Waals surface area contributed by atoms with Crippen LogP contribution in [-0.2, 0) is 9.53 Å². The number of esters is 1. The summed E-state index contributed by atoms with van der Waals surface area (Å²) in [6.45, 7) is 5.26. The van der Waals surface area contributed by atoms with E-state index in [0.717, 1.165) is 5.01 Å². The second-order valence-corrected chi connectivity index (χ2v) is 3.80. The van der Waals surface area contributed by atoms with Crippen LogP contribution in [0.25, 0.3) is 0 Å². The summed E-state index contributed by atoms with van der Waals surface area (Å²) in [4.78, 5) is 35.3. The van der Waals surface area contributed by atoms with Crippen molar-refractivity contribution in [1.82, 2.24) is 10.4 Å². The van der Waals surface area contributed by atoms with Crippen LogP contribution in [-0.4, -0.2) is 29.4 Å². The minimum Gasteiger partial charge on any atom is -0.461 e. The zero-order chi connectivity index (χ0) is 14.0. The van der Waals surface area contributed by atoms with Gasteiger partial charge in [-0.3, -0.25) is 15.0 Å². The van der Waals surface area contributed by atoms with Crippen molar-refractivity contribution in [1.29, 1.82) is 0 Å². The largest absolute Gasteiger partial charge is 0.461 e. The first-order chi connectivity index (χ1) is 9.06. The number of rotatable bonds is 4. The van der Waals surface area contributed by atoms with E-state index in [1.54, 1.807) is 31.2 Å². The number of carbonyl (C=O) groups is 3. The molecule has 6 heteroatoms. The van der Waals surface area contributed by atoms with E-state index in [1.807, 2.05) is 0 Å². The van der Waals surface area contributed by atoms with Crippen molar-refractivity contribution in [3.05, 3.63) is 47.7 Å². The molecule has 1 N–H and O–H groups in total. The molecule has 0 aromatic heterocycles. The number of ether oxygens (including phenoxy) is 1. The second-order valence-electron chi connectivity index (χ2n) is 3.80. The minimum absolute atomic E-state index is 0.170. The molecule has 1 aromatic rings. The van der Waals surface area contributed by atoms with E-state index in [1.165, 1.54) is 0 Å². The third-order valence-electron chi connectivity index (χ3n) is 2.56. The molecule has 0 radical (unpaired) electrons. The van der Waals surface area contributed by atoms with Gasteiger partial charge in [-0.25, -0.2) is 4.79 Å². The highest BCUT2D eigenvalue weighted by atomic mass is 16.5. The lowest BCUT2D eigenvalue weighted by molar-refractivity contribution is -0.139. The van der Waals surface area contributed by atoms with Crippen molar-refractivity contribution < 1.29 is 19.1 Å². The second kappa shape index (κ2) is 4.93. The number of benzene rings is 1. The van der Waals surface area contributed by atoms with Gasteiger partial charge in [-0.15, -0.1) is 0 Å². The quantitative estimate of drug-likeness (QED) is 0.494. The highest BCUT2D eigenvalue weighted by Gasteiger charge is 2.36. The van der Waals surface area contributed by atoms with Crippen molar-refractivity contribution in [2.75, 3.05) is 6.61 Å². The van der Waals surface area contributed by atoms with Crippen LogP contribution in [0.3, 0.4) is 0 Å². The Hall–Kier alpha value is -2.63. The number of hydrogen-bond donors (Lipinski definition) is 1. The van der Waals surface area contributed by atoms with Gasteiger partial charge in [-0.05, 0) is 19.1 Å². The van der Waals surface area contributed by atoms with E-state index in [0.29, 0.717) is 0 Å². The van der Waals surface area contributed by atoms with Crippen LogP contribution >= 0.6 is 0 Å². The van der Waals surface area contributed by atoms with E-state index in [2.05, 4.69) is 12.0 Å². The predicted octanol–water partition coefficient (Wildman–Crippen LogP) is 0.864. The predicted molar refractivity (Wildman–Crippen MR) is 65.9 cm³/mol. The van der Waals surface area contributed by atoms with Gasteiger partial charge in [0.15, 0.2) is 0 Å². The summed E-state index contributed by atoms with van der Waals surface area (Å²) in [7, 11) is 0. The molecule has 19 heavy (non-hydrogen) atoms. The number of amides is 2. The van der Waals surface area contributed by atoms with Gasteiger partial charge in [0, 0.05) is 0 Å². The number of nitrogens with one attached hydrogen (secondary N) is 1. The Morgan fingerprint density at radius 3 is 2.26 bits per heavy atom. The Balaban J connectivity index is 2.17. The van der Waals surface area contributed by atoms with Gasteiger partial charge in [-0.2, -0.15) is 5.01 Å². The van der Waals surface area contributed by atoms with Crippen molar-refractivity contribution in [2.24, 2.45) is 0 Å². The van der Waals surface area contributed by atoms with Crippen molar-refractivity contribution in [2.45, 2.75) is 6.92 Å². The summed E-state index contributed by atoms with van der Waals surface area (Å²) in [5.41, 5.74) is 2.78. The van der Waals surface area contributed by atoms with Crippen molar-refractivity contribution >= 4 is 17.8 Å². The van der Waals surface area contributed by atoms with Gasteiger partial charge in [0.2, 0.25) is 0 Å². The molecule has 6 nitrogen and oxygen atoms in total. The maximum Gasteiger partial charge on any atom is 0.355 e. The van der Waals surface area contributed by atoms with E-state index in [-0.39, 0.29) is 23.4 Å². The van der Waals surface area contributed by atoms with Gasteiger partial charge in [0.25, 0.3) is 11.8 Å². The zero-order valence-corrected chi connectivity index (χ0v) is 10.3. The monoisotopic (exact) mass is 260 g/mol. The van der Waals surface area contributed by atoms with Crippen LogP contribution in [0.2, 0.25) is 0 Å². The summed E-state index contributed by atoms with van der Waals surface area (Å²) in [6, 6.07) is 6.41. The summed E-state index contributed by atoms with van der Waals surface area (Å²) >= 11 is 0. The molecule has 0 saturated heterocycles. The van der Waals surface area contributed by atoms with Crippen LogP contribution in [0.5, 0.6) is 0 Å². The maximum atomic E-state index is 12.0. The SMILES string of the molecule is C=C(NN1C(=O)c2ccccc2C1=O)C(=O)OCC. The molecule has 0 aliphatic carbocycles. The lowest BCUT2D eigenvalue weighted by atomic mass is 10.1. The van der Waals surface area contributed by atoms with Crippen LogP contribution in [0, 0.1) is 0 Å². The molecule has 1 aromatic carbocycles. The highest BCUT2D eigenvalue weighted by molar-refractivity contribution is 6.21. The van der Waals surface area contributed by atoms with Crippen LogP contribution in [0.15, 0.2) is 36.5 Å². The molecule has 1 aliphatic heterocycles. The van der Waals surface area contributed by atoms with E-state index >= 15 is 0 Å². The Bertz CT molecular complexity index is 545. The molecule has 1 heterocycles. The molecule has 0 saturated carbocycles. The summed E-state index contributed by atoms with van der Waals surface area (Å²) in [5, 5.41) is 0.754. The Morgan fingerprint density at radius 2 is 1.79 bits per heavy atom. The lowest BCUT2D eigenvalue weighted by Gasteiger charge is -2.16. The Morgan fingerprint density at radius 1 is 1.26 bits per heavy atom. The fraction of sp³-hybridized carbons (Fsp3) is 0.154. The lowest BCUT2D eigenvalue weighted by Crippen LogP contribution is -2.43. The molecule has 1 aliphatic rings. The molecular formula is C13H12N2O4. The molecule has 0 atom stereocenters. The summed E-state index contributed by atoms with van der Waals surface area (Å²) < 4.78 is 4.71. The molecule has 0 fully saturated rings. The first-order valence-electron chi connectivity index (χ1n) is 5.66. The molecule has 0 bridgehead atoms. The zero-order valence-electron chi connectivity index (χ0n) is 10.3. The molecule has 0 spiro atoms. The average Bonchev–Trinajstić information content (AvgIpc) is 2.65. The van der Waals surface area contributed by atoms with Crippen molar-refractivity contribution in [3.63, 3.8) is 0 Å². The number of hydrazine groups is 1. The summed E-state index contributed by atoms with van der Waals surface area (Å²) in [6.07, 6.45) is 0. The van der Waals surface area contributed by atoms with E-state index < -0.39 is 17.8 Å². The number of fused-ring (bicyclic) bond motifs is 1. The summed E-state index contributed by atoms with van der Waals surface area (Å²) in [5.74, 6) is -1.75. The van der Waals surface area contributed by atoms with Crippen LogP contribution < -0.4 is 5.43 Å². The Kier molecular flexibility index (Phi) is 3.33. The smallest absolute Gasteiger partial charge is 0.355 e. The van der Waals surface area contributed by atoms with Gasteiger partial charge >= 0.3 is 5.97 Å². The molecule has 2 rings (SSSR count). The number of hydrogen-bond acceptors (Lipinski definition) is 5. The minimum atomic E-state index is -0.709. The van der Waals surface area contributed by atoms with Crippen LogP contribution in [0.1, 0.15) is 27.6 Å². The fourth-order valence-electron chi connectivity index (χ4n) is 1.69. The first-order valence-corrected chi connectivity index (χ1v) is 5.66. The number of imide groups is 1. The fourth-order valence-corrected chi connectivity index (χ4v) is 1.69. The molecule has 2 amide bonds. The van der Waals surface area contributed by atoms with Gasteiger partial charge in [0.1, 0.15) is 5.70 Å². The van der Waals surface area contributed by atoms with Gasteiger partial charge < -0.3 is 4.74 Å². The number of nitrogens with zero attached hydrogens (tertiary/aromatic N) is 1. The normalized spacial score (nSPS) is 13.2. The van der Waals surface area contributed by atoms with Gasteiger partial charge in [-0.1, -0.05) is 18.7 Å².